The molecule has 1 radical (unpaired) electrons. The van der Waals surface area contributed by atoms with Crippen LogP contribution in [0.2, 0.25) is 0 Å². The third-order valence-electron chi connectivity index (χ3n) is 1.25. The van der Waals surface area contributed by atoms with Crippen LogP contribution in [-0.4, -0.2) is 4.98 Å². The number of benzene rings is 1. The van der Waals surface area contributed by atoms with Gasteiger partial charge in [0.2, 0.25) is 0 Å². The van der Waals surface area contributed by atoms with E-state index in [4.69, 9.17) is 5.73 Å². The molecule has 0 aliphatic carbocycles. The Bertz CT molecular complexity index is 320. The van der Waals surface area contributed by atoms with E-state index in [9.17, 15) is 0 Å². The zero-order valence-electron chi connectivity index (χ0n) is 5.16. The lowest BCUT2D eigenvalue weighted by Gasteiger charge is -1.79. The Morgan fingerprint density at radius 3 is 3.30 bits per heavy atom. The molecule has 0 spiro atoms. The first kappa shape index (κ1) is 5.68. The average molecular weight is 149 g/mol. The van der Waals surface area contributed by atoms with Crippen molar-refractivity contribution in [3.8, 4) is 0 Å². The van der Waals surface area contributed by atoms with Crippen molar-refractivity contribution in [2.75, 3.05) is 5.73 Å². The number of fused-ring (bicyclic) bond motifs is 1. The molecule has 10 heavy (non-hydrogen) atoms. The van der Waals surface area contributed by atoms with Crippen LogP contribution in [0.25, 0.3) is 10.2 Å². The van der Waals surface area contributed by atoms with Gasteiger partial charge in [0.05, 0.1) is 10.2 Å². The van der Waals surface area contributed by atoms with Crippen LogP contribution in [0.15, 0.2) is 18.2 Å². The fourth-order valence-electron chi connectivity index (χ4n) is 0.835. The molecule has 2 nitrogen and oxygen atoms in total. The Hall–Kier alpha value is -1.09. The zero-order chi connectivity index (χ0) is 6.97. The van der Waals surface area contributed by atoms with Crippen molar-refractivity contribution in [2.45, 2.75) is 0 Å². The van der Waals surface area contributed by atoms with E-state index in [-0.39, 0.29) is 0 Å². The summed E-state index contributed by atoms with van der Waals surface area (Å²) in [7, 11) is 0. The summed E-state index contributed by atoms with van der Waals surface area (Å²) in [6.45, 7) is 0. The number of aromatic nitrogens is 1. The largest absolute Gasteiger partial charge is 0.375 e. The maximum atomic E-state index is 5.48. The second-order valence-corrected chi connectivity index (χ2v) is 3.01. The van der Waals surface area contributed by atoms with Crippen LogP contribution >= 0.6 is 11.3 Å². The molecule has 0 aliphatic heterocycles. The van der Waals surface area contributed by atoms with Gasteiger partial charge >= 0.3 is 0 Å². The monoisotopic (exact) mass is 149 g/mol. The highest BCUT2D eigenvalue weighted by Gasteiger charge is 1.96. The first-order valence-corrected chi connectivity index (χ1v) is 3.70. The molecule has 1 aromatic carbocycles. The van der Waals surface area contributed by atoms with Crippen molar-refractivity contribution < 1.29 is 0 Å². The highest BCUT2D eigenvalue weighted by molar-refractivity contribution is 7.22. The summed E-state index contributed by atoms with van der Waals surface area (Å²) in [4.78, 5) is 4.08. The number of hydrogen-bond acceptors (Lipinski definition) is 3. The lowest BCUT2D eigenvalue weighted by Crippen LogP contribution is -1.78. The number of thiazole rings is 1. The minimum Gasteiger partial charge on any atom is -0.375 e. The maximum Gasteiger partial charge on any atom is 0.181 e. The molecular weight excluding hydrogens is 144 g/mol. The Kier molecular flexibility index (Phi) is 1.11. The second kappa shape index (κ2) is 1.95. The molecule has 49 valence electrons. The summed E-state index contributed by atoms with van der Waals surface area (Å²) in [6.07, 6.45) is 0. The van der Waals surface area contributed by atoms with E-state index in [0.29, 0.717) is 5.13 Å². The SMILES string of the molecule is Nc1nc2c[c]ccc2s1. The zero-order valence-corrected chi connectivity index (χ0v) is 5.98. The molecule has 0 atom stereocenters. The smallest absolute Gasteiger partial charge is 0.181 e. The first-order chi connectivity index (χ1) is 4.86. The van der Waals surface area contributed by atoms with Gasteiger partial charge in [0.25, 0.3) is 0 Å². The van der Waals surface area contributed by atoms with Gasteiger partial charge in [-0.2, -0.15) is 0 Å². The molecule has 3 heteroatoms. The summed E-state index contributed by atoms with van der Waals surface area (Å²) in [5.41, 5.74) is 6.42. The molecule has 0 aliphatic rings. The molecule has 1 aromatic heterocycles. The van der Waals surface area contributed by atoms with E-state index >= 15 is 0 Å². The molecule has 0 fully saturated rings. The maximum absolute atomic E-state index is 5.48. The van der Waals surface area contributed by atoms with E-state index in [0.717, 1.165) is 10.2 Å². The molecule has 2 aromatic rings. The normalized spacial score (nSPS) is 10.4. The first-order valence-electron chi connectivity index (χ1n) is 2.88. The van der Waals surface area contributed by atoms with Crippen LogP contribution < -0.4 is 5.73 Å². The van der Waals surface area contributed by atoms with Gasteiger partial charge in [-0.05, 0) is 18.2 Å². The molecule has 0 saturated heterocycles. The highest BCUT2D eigenvalue weighted by atomic mass is 32.1. The van der Waals surface area contributed by atoms with Crippen LogP contribution in [0.5, 0.6) is 0 Å². The third kappa shape index (κ3) is 0.752. The van der Waals surface area contributed by atoms with Crippen molar-refractivity contribution in [3.05, 3.63) is 24.3 Å². The van der Waals surface area contributed by atoms with Gasteiger partial charge in [-0.3, -0.25) is 0 Å². The predicted octanol–water partition coefficient (Wildman–Crippen LogP) is 1.68. The van der Waals surface area contributed by atoms with Gasteiger partial charge in [-0.1, -0.05) is 17.4 Å². The number of nitrogen functional groups attached to an aromatic ring is 1. The topological polar surface area (TPSA) is 38.9 Å². The van der Waals surface area contributed by atoms with Crippen LogP contribution in [-0.2, 0) is 0 Å². The van der Waals surface area contributed by atoms with Crippen LogP contribution in [0.1, 0.15) is 0 Å². The number of nitrogens with zero attached hydrogens (tertiary/aromatic N) is 1. The average Bonchev–Trinajstić information content (AvgIpc) is 2.27. The Morgan fingerprint density at radius 2 is 2.50 bits per heavy atom. The van der Waals surface area contributed by atoms with Crippen molar-refractivity contribution in [1.82, 2.24) is 4.98 Å². The van der Waals surface area contributed by atoms with E-state index in [1.165, 1.54) is 11.3 Å². The van der Waals surface area contributed by atoms with E-state index < -0.39 is 0 Å². The third-order valence-corrected chi connectivity index (χ3v) is 2.11. The molecule has 0 saturated carbocycles. The molecule has 1 heterocycles. The summed E-state index contributed by atoms with van der Waals surface area (Å²) in [6, 6.07) is 8.60. The van der Waals surface area contributed by atoms with E-state index in [1.54, 1.807) is 0 Å². The van der Waals surface area contributed by atoms with Crippen molar-refractivity contribution >= 4 is 26.7 Å². The highest BCUT2D eigenvalue weighted by Crippen LogP contribution is 2.22. The van der Waals surface area contributed by atoms with Crippen molar-refractivity contribution in [2.24, 2.45) is 0 Å². The summed E-state index contributed by atoms with van der Waals surface area (Å²) >= 11 is 1.50. The van der Waals surface area contributed by atoms with Gasteiger partial charge in [0.1, 0.15) is 0 Å². The summed E-state index contributed by atoms with van der Waals surface area (Å²) < 4.78 is 1.12. The molecule has 2 N–H and O–H groups in total. The minimum atomic E-state index is 0.620. The Labute approximate surface area is 62.3 Å². The predicted molar refractivity (Wildman–Crippen MR) is 42.9 cm³/mol. The van der Waals surface area contributed by atoms with Crippen molar-refractivity contribution in [1.29, 1.82) is 0 Å². The van der Waals surface area contributed by atoms with Crippen LogP contribution in [0.4, 0.5) is 5.13 Å². The minimum absolute atomic E-state index is 0.620. The molecular formula is C7H5N2S. The van der Waals surface area contributed by atoms with Crippen molar-refractivity contribution in [3.63, 3.8) is 0 Å². The van der Waals surface area contributed by atoms with E-state index in [1.807, 2.05) is 18.2 Å². The van der Waals surface area contributed by atoms with Gasteiger partial charge in [-0.15, -0.1) is 0 Å². The lowest BCUT2D eigenvalue weighted by molar-refractivity contribution is 1.49. The summed E-state index contributed by atoms with van der Waals surface area (Å²) in [5, 5.41) is 0.620. The van der Waals surface area contributed by atoms with Gasteiger partial charge in [-0.25, -0.2) is 4.98 Å². The van der Waals surface area contributed by atoms with E-state index in [2.05, 4.69) is 11.1 Å². The Morgan fingerprint density at radius 1 is 1.60 bits per heavy atom. The molecule has 0 bridgehead atoms. The van der Waals surface area contributed by atoms with Gasteiger partial charge in [0.15, 0.2) is 5.13 Å². The number of hydrogen-bond donors (Lipinski definition) is 1. The molecule has 2 rings (SSSR count). The molecule has 0 amide bonds. The molecule has 0 unspecified atom stereocenters. The summed E-state index contributed by atoms with van der Waals surface area (Å²) in [5.74, 6) is 0. The lowest BCUT2D eigenvalue weighted by atomic mass is 10.3. The van der Waals surface area contributed by atoms with Crippen LogP contribution in [0.3, 0.4) is 0 Å². The number of anilines is 1. The standard InChI is InChI=1S/C7H5N2S/c8-7-9-5-3-1-2-4-6(5)10-7/h2-4H,(H2,8,9). The quantitative estimate of drug-likeness (QED) is 0.619. The van der Waals surface area contributed by atoms with Crippen LogP contribution in [0, 0.1) is 6.07 Å². The van der Waals surface area contributed by atoms with Gasteiger partial charge < -0.3 is 5.73 Å². The number of nitrogens with two attached hydrogens (primary N) is 1. The Balaban J connectivity index is 2.88. The second-order valence-electron chi connectivity index (χ2n) is 1.95. The number of rotatable bonds is 0. The fourth-order valence-corrected chi connectivity index (χ4v) is 1.55. The fraction of sp³-hybridized carbons (Fsp3) is 0. The van der Waals surface area contributed by atoms with Gasteiger partial charge in [0, 0.05) is 0 Å².